The van der Waals surface area contributed by atoms with Gasteiger partial charge in [-0.1, -0.05) is 146 Å². The van der Waals surface area contributed by atoms with Crippen molar-refractivity contribution >= 4 is 12.8 Å². The van der Waals surface area contributed by atoms with Crippen molar-refractivity contribution in [3.8, 4) is 5.75 Å². The van der Waals surface area contributed by atoms with Crippen molar-refractivity contribution in [2.45, 2.75) is 76.2 Å². The second-order valence-electron chi connectivity index (χ2n) is 13.8. The molecule has 0 fully saturated rings. The van der Waals surface area contributed by atoms with Gasteiger partial charge in [0.2, 0.25) is 7.49 Å². The highest BCUT2D eigenvalue weighted by Gasteiger charge is 2.31. The molecule has 0 heterocycles. The molecule has 0 unspecified atom stereocenters. The normalized spacial score (nSPS) is 10.3. The van der Waals surface area contributed by atoms with Crippen molar-refractivity contribution in [2.24, 2.45) is 5.92 Å². The van der Waals surface area contributed by atoms with Crippen LogP contribution in [0, 0.1) is 34.0 Å². The monoisotopic (exact) mass is 967 g/mol. The maximum absolute atomic E-state index is 6.10. The van der Waals surface area contributed by atoms with Crippen LogP contribution in [0.25, 0.3) is 0 Å². The van der Waals surface area contributed by atoms with E-state index in [9.17, 15) is 0 Å². The molecule has 0 saturated heterocycles. The van der Waals surface area contributed by atoms with Crippen molar-refractivity contribution in [1.29, 1.82) is 0 Å². The minimum absolute atomic E-state index is 0. The molecular formula is C50H66I2OP+3. The zero-order chi connectivity index (χ0) is 36.6. The van der Waals surface area contributed by atoms with E-state index in [0.29, 0.717) is 5.92 Å². The van der Waals surface area contributed by atoms with E-state index < -0.39 is 7.49 Å². The Labute approximate surface area is 352 Å². The van der Waals surface area contributed by atoms with E-state index in [1.54, 1.807) is 0 Å². The van der Waals surface area contributed by atoms with Crippen LogP contribution in [0.15, 0.2) is 158 Å². The van der Waals surface area contributed by atoms with E-state index in [2.05, 4.69) is 176 Å². The topological polar surface area (TPSA) is 9.23 Å². The lowest BCUT2D eigenvalue weighted by Crippen LogP contribution is -3.61. The predicted molar refractivity (Wildman–Crippen MR) is 235 cm³/mol. The van der Waals surface area contributed by atoms with Gasteiger partial charge in [-0.05, 0) is 116 Å². The van der Waals surface area contributed by atoms with Crippen LogP contribution in [-0.2, 0) is 6.42 Å². The summed E-state index contributed by atoms with van der Waals surface area (Å²) in [6, 6.07) is 56.7. The Hall–Kier alpha value is -2.99. The quantitative estimate of drug-likeness (QED) is 0.0999. The molecule has 0 N–H and O–H groups in total. The average molecular weight is 968 g/mol. The third kappa shape index (κ3) is 17.6. The Kier molecular flexibility index (Phi) is 22.9. The first-order chi connectivity index (χ1) is 24.5. The number of hydrogen-bond acceptors (Lipinski definition) is 1. The largest absolute Gasteiger partial charge is 0.357 e. The summed E-state index contributed by atoms with van der Waals surface area (Å²) in [6.07, 6.45) is 1.18. The summed E-state index contributed by atoms with van der Waals surface area (Å²) in [5, 5.41) is 1.29. The maximum atomic E-state index is 6.10. The molecule has 6 aromatic carbocycles. The van der Waals surface area contributed by atoms with E-state index >= 15 is 0 Å². The Morgan fingerprint density at radius 1 is 0.481 bits per heavy atom. The number of halogens is 2. The van der Waals surface area contributed by atoms with Crippen LogP contribution in [0.4, 0.5) is 0 Å². The van der Waals surface area contributed by atoms with Gasteiger partial charge in [-0.3, -0.25) is 0 Å². The molecular weight excluding hydrogens is 901 g/mol. The summed E-state index contributed by atoms with van der Waals surface area (Å²) >= 11 is -0.0346. The summed E-state index contributed by atoms with van der Waals surface area (Å²) in [4.78, 5) is 0. The molecule has 0 saturated carbocycles. The van der Waals surface area contributed by atoms with E-state index in [1.807, 2.05) is 36.4 Å². The fraction of sp³-hybridized carbons (Fsp3) is 0.280. The predicted octanol–water partition coefficient (Wildman–Crippen LogP) is 8.06. The smallest absolute Gasteiger partial charge is 0.346 e. The summed E-state index contributed by atoms with van der Waals surface area (Å²) in [5.74, 6) is 2.31. The SMILES string of the molecule is C.C.C.C[P+](C)(Oc1ccccc1)c1ccccc1.Cc1ccc([I+]c2ccc(C(C)C)cc2)cc1.Cc1ccc([I+]c2ccc(CC(C)C)cc2)cc1. The second kappa shape index (κ2) is 25.2. The van der Waals surface area contributed by atoms with Gasteiger partial charge < -0.3 is 4.52 Å². The Balaban J connectivity index is 0.000000395. The van der Waals surface area contributed by atoms with E-state index in [4.69, 9.17) is 4.52 Å². The van der Waals surface area contributed by atoms with Crippen LogP contribution in [0.1, 0.15) is 78.1 Å². The molecule has 6 aromatic rings. The summed E-state index contributed by atoms with van der Waals surface area (Å²) < 4.78 is 12.1. The first-order valence-electron chi connectivity index (χ1n) is 17.7. The lowest BCUT2D eigenvalue weighted by atomic mass is 10.0. The van der Waals surface area contributed by atoms with Crippen molar-refractivity contribution in [1.82, 2.24) is 0 Å². The number of aryl methyl sites for hydroxylation is 2. The van der Waals surface area contributed by atoms with Crippen LogP contribution < -0.4 is 52.2 Å². The zero-order valence-electron chi connectivity index (χ0n) is 31.5. The van der Waals surface area contributed by atoms with E-state index in [1.165, 1.54) is 48.3 Å². The standard InChI is InChI=1S/C17H20I.C16H18I.C14H16OP.3CH4/c1-13(2)12-15-6-10-17(11-7-15)18-16-8-4-14(3)5-9-16;1-12(2)14-6-10-16(11-7-14)17-15-8-4-13(3)5-9-15;1-16(2,14-11-7-4-8-12-14)15-13-9-5-3-6-10-13;;;/h4-11,13H,12H2,1-3H3;4-12H,1-3H3;3-12H,1-2H3;3*1H4/q3*+1;;;. The molecule has 0 aliphatic carbocycles. The Morgan fingerprint density at radius 3 is 1.24 bits per heavy atom. The molecule has 288 valence electrons. The summed E-state index contributed by atoms with van der Waals surface area (Å²) in [5.41, 5.74) is 5.58. The van der Waals surface area contributed by atoms with Gasteiger partial charge in [0.05, 0.1) is 13.3 Å². The average Bonchev–Trinajstić information content (AvgIpc) is 3.12. The van der Waals surface area contributed by atoms with Gasteiger partial charge in [0.1, 0.15) is 5.30 Å². The van der Waals surface area contributed by atoms with Crippen LogP contribution in [0.5, 0.6) is 5.75 Å². The molecule has 0 spiro atoms. The van der Waals surface area contributed by atoms with Crippen LogP contribution in [-0.4, -0.2) is 13.3 Å². The van der Waals surface area contributed by atoms with Gasteiger partial charge in [0, 0.05) is 0 Å². The highest BCUT2D eigenvalue weighted by atomic mass is 127. The van der Waals surface area contributed by atoms with Crippen molar-refractivity contribution < 1.29 is 46.9 Å². The molecule has 1 nitrogen and oxygen atoms in total. The van der Waals surface area contributed by atoms with Gasteiger partial charge in [-0.2, -0.15) is 0 Å². The van der Waals surface area contributed by atoms with Gasteiger partial charge in [-0.15, -0.1) is 0 Å². The van der Waals surface area contributed by atoms with E-state index in [-0.39, 0.29) is 64.7 Å². The second-order valence-corrected chi connectivity index (χ2v) is 23.3. The number of benzene rings is 6. The lowest BCUT2D eigenvalue weighted by Gasteiger charge is -2.17. The highest BCUT2D eigenvalue weighted by Crippen LogP contribution is 2.50. The molecule has 0 aliphatic rings. The van der Waals surface area contributed by atoms with Gasteiger partial charge in [-0.25, -0.2) is 0 Å². The molecule has 0 amide bonds. The van der Waals surface area contributed by atoms with Crippen molar-refractivity contribution in [3.05, 3.63) is 194 Å². The number of hydrogen-bond donors (Lipinski definition) is 0. The van der Waals surface area contributed by atoms with Crippen molar-refractivity contribution in [3.63, 3.8) is 0 Å². The molecule has 54 heavy (non-hydrogen) atoms. The first kappa shape index (κ1) is 49.0. The summed E-state index contributed by atoms with van der Waals surface area (Å²) in [6.45, 7) is 17.7. The molecule has 0 aliphatic heterocycles. The fourth-order valence-corrected chi connectivity index (χ4v) is 11.1. The molecule has 4 heteroatoms. The van der Waals surface area contributed by atoms with Crippen LogP contribution in [0.2, 0.25) is 0 Å². The number of para-hydroxylation sites is 1. The Bertz CT molecular complexity index is 1830. The molecule has 6 rings (SSSR count). The molecule has 0 atom stereocenters. The molecule has 0 aromatic heterocycles. The zero-order valence-corrected chi connectivity index (χ0v) is 36.7. The minimum Gasteiger partial charge on any atom is -0.346 e. The number of rotatable bonds is 10. The lowest BCUT2D eigenvalue weighted by molar-refractivity contribution is -0.597. The third-order valence-corrected chi connectivity index (χ3v) is 15.6. The third-order valence-electron chi connectivity index (χ3n) is 8.01. The van der Waals surface area contributed by atoms with Crippen molar-refractivity contribution in [2.75, 3.05) is 13.3 Å². The molecule has 0 bridgehead atoms. The van der Waals surface area contributed by atoms with Gasteiger partial charge >= 0.3 is 42.4 Å². The van der Waals surface area contributed by atoms with E-state index in [0.717, 1.165) is 11.7 Å². The first-order valence-corrected chi connectivity index (χ1v) is 24.6. The van der Waals surface area contributed by atoms with Gasteiger partial charge in [0.15, 0.2) is 20.0 Å². The van der Waals surface area contributed by atoms with Crippen LogP contribution in [0.3, 0.4) is 0 Å². The maximum Gasteiger partial charge on any atom is 0.357 e. The van der Waals surface area contributed by atoms with Gasteiger partial charge in [0.25, 0.3) is 0 Å². The Morgan fingerprint density at radius 2 is 0.852 bits per heavy atom. The molecule has 0 radical (unpaired) electrons. The minimum atomic E-state index is -1.52. The highest BCUT2D eigenvalue weighted by molar-refractivity contribution is 7.77. The fourth-order valence-electron chi connectivity index (χ4n) is 5.09. The summed E-state index contributed by atoms with van der Waals surface area (Å²) in [7, 11) is -1.52. The van der Waals surface area contributed by atoms with Crippen LogP contribution >= 0.6 is 7.49 Å².